The number of pyridine rings is 1. The van der Waals surface area contributed by atoms with E-state index in [1.807, 2.05) is 6.07 Å². The number of aromatic nitrogens is 1. The molecule has 10 nitrogen and oxygen atoms in total. The first kappa shape index (κ1) is 33.9. The van der Waals surface area contributed by atoms with Gasteiger partial charge in [0, 0.05) is 32.4 Å². The predicted octanol–water partition coefficient (Wildman–Crippen LogP) is 5.38. The SMILES string of the molecule is CC(=O)CNC(=O)[C@]12C[C@H]1[C@@](C)(c1cc(/C=C(\F)c3ccc(C#N)cn3)ccc1F)N=C(OC(=O)NCOCC[Si](C)(C)C)S2. The molecule has 14 heteroatoms. The number of nitriles is 1. The Bertz CT molecular complexity index is 1590. The number of hydrogen-bond acceptors (Lipinski definition) is 9. The molecule has 4 rings (SSSR count). The van der Waals surface area contributed by atoms with Gasteiger partial charge in [0.05, 0.1) is 23.3 Å². The lowest BCUT2D eigenvalue weighted by molar-refractivity contribution is -0.124. The van der Waals surface area contributed by atoms with E-state index in [1.165, 1.54) is 49.5 Å². The lowest BCUT2D eigenvalue weighted by Crippen LogP contribution is -2.45. The fourth-order valence-electron chi connectivity index (χ4n) is 4.92. The van der Waals surface area contributed by atoms with Crippen LogP contribution in [0.5, 0.6) is 0 Å². The number of nitrogens with zero attached hydrogens (tertiary/aromatic N) is 3. The Labute approximate surface area is 265 Å². The van der Waals surface area contributed by atoms with Crippen molar-refractivity contribution in [1.29, 1.82) is 5.26 Å². The van der Waals surface area contributed by atoms with E-state index in [1.54, 1.807) is 6.92 Å². The number of hydrogen-bond donors (Lipinski definition) is 2. The van der Waals surface area contributed by atoms with Gasteiger partial charge in [0.15, 0.2) is 0 Å². The average molecular weight is 656 g/mol. The van der Waals surface area contributed by atoms with Gasteiger partial charge in [-0.3, -0.25) is 19.9 Å². The van der Waals surface area contributed by atoms with Gasteiger partial charge in [-0.25, -0.2) is 18.6 Å². The molecule has 3 atom stereocenters. The molecule has 2 N–H and O–H groups in total. The van der Waals surface area contributed by atoms with E-state index in [2.05, 4.69) is 40.3 Å². The number of thioether (sulfide) groups is 1. The summed E-state index contributed by atoms with van der Waals surface area (Å²) in [6.45, 7) is 9.79. The van der Waals surface area contributed by atoms with Crippen LogP contribution < -0.4 is 10.6 Å². The lowest BCUT2D eigenvalue weighted by Gasteiger charge is -2.34. The lowest BCUT2D eigenvalue weighted by atomic mass is 9.84. The molecule has 45 heavy (non-hydrogen) atoms. The van der Waals surface area contributed by atoms with Crippen LogP contribution in [0.15, 0.2) is 41.5 Å². The van der Waals surface area contributed by atoms with Gasteiger partial charge in [-0.15, -0.1) is 0 Å². The first-order valence-electron chi connectivity index (χ1n) is 14.3. The van der Waals surface area contributed by atoms with Gasteiger partial charge in [0.25, 0.3) is 5.23 Å². The fraction of sp³-hybridized carbons (Fsp3) is 0.419. The van der Waals surface area contributed by atoms with Crippen LogP contribution in [0.25, 0.3) is 11.9 Å². The van der Waals surface area contributed by atoms with Gasteiger partial charge >= 0.3 is 6.09 Å². The van der Waals surface area contributed by atoms with Crippen LogP contribution in [0.3, 0.4) is 0 Å². The van der Waals surface area contributed by atoms with Crippen molar-refractivity contribution < 1.29 is 32.6 Å². The second-order valence-electron chi connectivity index (χ2n) is 12.4. The highest BCUT2D eigenvalue weighted by atomic mass is 32.2. The van der Waals surface area contributed by atoms with E-state index in [0.717, 1.165) is 17.8 Å². The minimum absolute atomic E-state index is 0.00677. The van der Waals surface area contributed by atoms with Crippen molar-refractivity contribution in [3.8, 4) is 6.07 Å². The van der Waals surface area contributed by atoms with Gasteiger partial charge in [0.2, 0.25) is 5.91 Å². The first-order valence-corrected chi connectivity index (χ1v) is 18.8. The summed E-state index contributed by atoms with van der Waals surface area (Å²) in [6.07, 6.45) is 1.83. The van der Waals surface area contributed by atoms with E-state index < -0.39 is 47.9 Å². The molecule has 0 bridgehead atoms. The molecular formula is C31H35F2N5O5SSi. The summed E-state index contributed by atoms with van der Waals surface area (Å²) in [5.41, 5.74) is -0.752. The third-order valence-electron chi connectivity index (χ3n) is 7.53. The summed E-state index contributed by atoms with van der Waals surface area (Å²) in [5.74, 6) is -2.59. The van der Waals surface area contributed by atoms with Crippen LogP contribution >= 0.6 is 11.8 Å². The van der Waals surface area contributed by atoms with Gasteiger partial charge in [0.1, 0.15) is 35.0 Å². The molecule has 2 heterocycles. The number of ether oxygens (including phenoxy) is 2. The maximum atomic E-state index is 15.5. The van der Waals surface area contributed by atoms with Crippen molar-refractivity contribution in [2.45, 2.75) is 56.2 Å². The largest absolute Gasteiger partial charge is 0.416 e. The summed E-state index contributed by atoms with van der Waals surface area (Å²) in [7, 11) is -1.31. The van der Waals surface area contributed by atoms with Crippen LogP contribution in [0.2, 0.25) is 25.7 Å². The number of ketones is 1. The number of amides is 2. The van der Waals surface area contributed by atoms with Gasteiger partial charge in [-0.1, -0.05) is 25.7 Å². The predicted molar refractivity (Wildman–Crippen MR) is 170 cm³/mol. The highest BCUT2D eigenvalue weighted by Crippen LogP contribution is 2.66. The van der Waals surface area contributed by atoms with Crippen molar-refractivity contribution in [1.82, 2.24) is 15.6 Å². The molecule has 1 aliphatic heterocycles. The zero-order valence-corrected chi connectivity index (χ0v) is 27.5. The number of alkyl carbamates (subject to hydrolysis) is 1. The van der Waals surface area contributed by atoms with Crippen molar-refractivity contribution >= 4 is 54.8 Å². The molecule has 2 aliphatic rings. The van der Waals surface area contributed by atoms with Crippen LogP contribution in [0.4, 0.5) is 13.6 Å². The number of carbonyl (C=O) groups excluding carboxylic acids is 3. The summed E-state index contributed by atoms with van der Waals surface area (Å²) < 4.78 is 40.4. The minimum Gasteiger partial charge on any atom is -0.385 e. The smallest absolute Gasteiger partial charge is 0.385 e. The summed E-state index contributed by atoms with van der Waals surface area (Å²) in [5, 5.41) is 13.9. The first-order chi connectivity index (χ1) is 21.2. The van der Waals surface area contributed by atoms with Crippen molar-refractivity contribution in [3.63, 3.8) is 0 Å². The third-order valence-corrected chi connectivity index (χ3v) is 10.6. The minimum atomic E-state index is -1.39. The number of Topliss-reactive ketones (excluding diaryl/α,β-unsaturated/α-hetero) is 1. The van der Waals surface area contributed by atoms with E-state index in [4.69, 9.17) is 14.7 Å². The Balaban J connectivity index is 1.61. The zero-order chi connectivity index (χ0) is 33.0. The summed E-state index contributed by atoms with van der Waals surface area (Å²) in [6, 6.07) is 9.62. The quantitative estimate of drug-likeness (QED) is 0.187. The number of carbonyl (C=O) groups is 3. The topological polar surface area (TPSA) is 143 Å². The Morgan fingerprint density at radius 2 is 1.98 bits per heavy atom. The molecule has 0 saturated heterocycles. The normalized spacial score (nSPS) is 22.4. The van der Waals surface area contributed by atoms with E-state index in [0.29, 0.717) is 12.2 Å². The molecule has 0 radical (unpaired) electrons. The monoisotopic (exact) mass is 655 g/mol. The highest BCUT2D eigenvalue weighted by molar-refractivity contribution is 8.15. The number of nitrogens with one attached hydrogen (secondary N) is 2. The van der Waals surface area contributed by atoms with Crippen LogP contribution in [-0.4, -0.2) is 60.7 Å². The third kappa shape index (κ3) is 8.22. The Morgan fingerprint density at radius 3 is 2.62 bits per heavy atom. The van der Waals surface area contributed by atoms with E-state index in [9.17, 15) is 14.4 Å². The van der Waals surface area contributed by atoms with Crippen molar-refractivity contribution in [2.75, 3.05) is 19.9 Å². The van der Waals surface area contributed by atoms with Crippen molar-refractivity contribution in [3.05, 3.63) is 64.7 Å². The summed E-state index contributed by atoms with van der Waals surface area (Å²) in [4.78, 5) is 46.2. The molecule has 1 aromatic carbocycles. The molecule has 238 valence electrons. The molecule has 0 unspecified atom stereocenters. The Kier molecular flexibility index (Phi) is 10.3. The van der Waals surface area contributed by atoms with Crippen LogP contribution in [-0.2, 0) is 24.6 Å². The fourth-order valence-corrected chi connectivity index (χ4v) is 7.12. The van der Waals surface area contributed by atoms with Gasteiger partial charge in [-0.05, 0) is 74.0 Å². The maximum absolute atomic E-state index is 15.5. The highest BCUT2D eigenvalue weighted by Gasteiger charge is 2.71. The molecule has 1 aromatic heterocycles. The molecule has 1 aliphatic carbocycles. The second kappa shape index (κ2) is 13.6. The zero-order valence-electron chi connectivity index (χ0n) is 25.7. The number of aliphatic imine (C=N–C) groups is 1. The average Bonchev–Trinajstić information content (AvgIpc) is 3.73. The molecule has 0 spiro atoms. The van der Waals surface area contributed by atoms with Crippen LogP contribution in [0, 0.1) is 23.1 Å². The Hall–Kier alpha value is -3.93. The second-order valence-corrected chi connectivity index (χ2v) is 19.3. The Morgan fingerprint density at radius 1 is 1.22 bits per heavy atom. The van der Waals surface area contributed by atoms with E-state index >= 15 is 8.78 Å². The van der Waals surface area contributed by atoms with Gasteiger partial charge in [-0.2, -0.15) is 5.26 Å². The number of fused-ring (bicyclic) bond motifs is 1. The molecule has 1 saturated carbocycles. The standard InChI is InChI=1S/C31H35F2N5O5SSi/c1-19(39)16-36-27(40)31-14-26(31)30(2,38-29(44-31)43-28(41)37-18-42-10-11-45(3,4)5)22-12-20(6-8-23(22)32)13-24(33)25-9-7-21(15-34)17-35-25/h6-9,12-13,17,26H,10-11,14,16,18H2,1-5H3,(H,36,40)(H,37,41)/b24-13-/t26-,30+,31-/m0/s1. The number of halogens is 2. The molecule has 2 aromatic rings. The summed E-state index contributed by atoms with van der Waals surface area (Å²) >= 11 is 0.944. The van der Waals surface area contributed by atoms with Crippen LogP contribution in [0.1, 0.15) is 42.7 Å². The van der Waals surface area contributed by atoms with Gasteiger partial charge < -0.3 is 14.8 Å². The molecule has 1 fully saturated rings. The number of rotatable bonds is 11. The number of benzene rings is 1. The maximum Gasteiger partial charge on any atom is 0.416 e. The molecular weight excluding hydrogens is 621 g/mol. The van der Waals surface area contributed by atoms with Crippen molar-refractivity contribution in [2.24, 2.45) is 10.9 Å². The molecule has 2 amide bonds. The van der Waals surface area contributed by atoms with E-state index in [-0.39, 0.29) is 47.5 Å².